The maximum Gasteiger partial charge on any atom is 0.256 e. The monoisotopic (exact) mass is 321 g/mol. The van der Waals surface area contributed by atoms with Gasteiger partial charge >= 0.3 is 0 Å². The maximum atomic E-state index is 14.1. The van der Waals surface area contributed by atoms with Crippen LogP contribution < -0.4 is 10.6 Å². The number of nitrogens with zero attached hydrogens (tertiary/aromatic N) is 1. The van der Waals surface area contributed by atoms with Gasteiger partial charge < -0.3 is 5.73 Å². The number of nitrogens with two attached hydrogens (primary N) is 1. The van der Waals surface area contributed by atoms with Crippen LogP contribution in [0.5, 0.6) is 0 Å². The van der Waals surface area contributed by atoms with Crippen LogP contribution in [0.2, 0.25) is 5.02 Å². The molecule has 112 valence electrons. The molecule has 1 fully saturated rings. The normalized spacial score (nSPS) is 17.4. The highest BCUT2D eigenvalue weighted by Crippen LogP contribution is 2.24. The van der Waals surface area contributed by atoms with Gasteiger partial charge in [-0.3, -0.25) is 0 Å². The lowest BCUT2D eigenvalue weighted by Crippen LogP contribution is -2.45. The van der Waals surface area contributed by atoms with Gasteiger partial charge in [0.1, 0.15) is 10.7 Å². The van der Waals surface area contributed by atoms with Gasteiger partial charge in [-0.1, -0.05) is 18.0 Å². The molecule has 0 saturated carbocycles. The first-order valence-electron chi connectivity index (χ1n) is 6.39. The average molecular weight is 322 g/mol. The molecule has 1 heterocycles. The van der Waals surface area contributed by atoms with E-state index in [0.717, 1.165) is 25.3 Å². The molecule has 1 aliphatic rings. The molecule has 1 aliphatic heterocycles. The lowest BCUT2D eigenvalue weighted by atomic mass is 10.2. The van der Waals surface area contributed by atoms with Crippen LogP contribution in [0.25, 0.3) is 0 Å². The zero-order valence-corrected chi connectivity index (χ0v) is 12.5. The second kappa shape index (κ2) is 6.36. The molecule has 1 aromatic carbocycles. The van der Waals surface area contributed by atoms with Crippen LogP contribution in [0.3, 0.4) is 0 Å². The smallest absolute Gasteiger partial charge is 0.256 e. The summed E-state index contributed by atoms with van der Waals surface area (Å²) in [7, 11) is -3.98. The number of nitrogens with one attached hydrogen (secondary N) is 1. The van der Waals surface area contributed by atoms with E-state index in [-0.39, 0.29) is 17.1 Å². The van der Waals surface area contributed by atoms with E-state index in [9.17, 15) is 12.8 Å². The first-order valence-corrected chi connectivity index (χ1v) is 8.25. The van der Waals surface area contributed by atoms with Gasteiger partial charge in [-0.15, -0.1) is 4.83 Å². The van der Waals surface area contributed by atoms with Crippen molar-refractivity contribution in [2.75, 3.05) is 13.1 Å². The van der Waals surface area contributed by atoms with Crippen LogP contribution in [-0.2, 0) is 16.6 Å². The van der Waals surface area contributed by atoms with Crippen LogP contribution in [0.4, 0.5) is 4.39 Å². The molecule has 0 amide bonds. The minimum Gasteiger partial charge on any atom is -0.326 e. The Bertz CT molecular complexity index is 589. The van der Waals surface area contributed by atoms with E-state index in [1.807, 2.05) is 0 Å². The summed E-state index contributed by atoms with van der Waals surface area (Å²) in [6.45, 7) is 1.12. The molecule has 0 aromatic heterocycles. The Kier molecular flexibility index (Phi) is 4.98. The van der Waals surface area contributed by atoms with Gasteiger partial charge in [0.25, 0.3) is 10.0 Å². The van der Waals surface area contributed by atoms with Gasteiger partial charge in [-0.05, 0) is 25.0 Å². The highest BCUT2D eigenvalue weighted by atomic mass is 35.5. The van der Waals surface area contributed by atoms with E-state index in [2.05, 4.69) is 4.83 Å². The Hall–Kier alpha value is -0.730. The lowest BCUT2D eigenvalue weighted by molar-refractivity contribution is 0.199. The molecule has 3 N–H and O–H groups in total. The number of hydrazine groups is 1. The molecular weight excluding hydrogens is 305 g/mol. The third kappa shape index (κ3) is 3.48. The van der Waals surface area contributed by atoms with Crippen LogP contribution in [-0.4, -0.2) is 26.5 Å². The number of sulfonamides is 1. The van der Waals surface area contributed by atoms with Crippen LogP contribution >= 0.6 is 11.6 Å². The molecular formula is C12H17ClFN3O2S. The first-order chi connectivity index (χ1) is 9.44. The van der Waals surface area contributed by atoms with E-state index in [0.29, 0.717) is 13.1 Å². The van der Waals surface area contributed by atoms with Crippen molar-refractivity contribution in [2.24, 2.45) is 5.73 Å². The Morgan fingerprint density at radius 3 is 2.55 bits per heavy atom. The molecule has 8 heteroatoms. The summed E-state index contributed by atoms with van der Waals surface area (Å²) in [6, 6.07) is 2.43. The summed E-state index contributed by atoms with van der Waals surface area (Å²) in [6.07, 6.45) is 2.89. The van der Waals surface area contributed by atoms with Gasteiger partial charge in [0.05, 0.1) is 0 Å². The van der Waals surface area contributed by atoms with Crippen molar-refractivity contribution in [1.29, 1.82) is 0 Å². The summed E-state index contributed by atoms with van der Waals surface area (Å²) in [5, 5.41) is 1.73. The van der Waals surface area contributed by atoms with Gasteiger partial charge in [0.2, 0.25) is 0 Å². The van der Waals surface area contributed by atoms with Gasteiger partial charge in [0, 0.05) is 30.2 Å². The summed E-state index contributed by atoms with van der Waals surface area (Å²) < 4.78 is 38.6. The van der Waals surface area contributed by atoms with Crippen LogP contribution in [0.15, 0.2) is 17.0 Å². The Morgan fingerprint density at radius 1 is 1.30 bits per heavy atom. The van der Waals surface area contributed by atoms with Crippen molar-refractivity contribution in [2.45, 2.75) is 30.7 Å². The fourth-order valence-corrected chi connectivity index (χ4v) is 3.74. The van der Waals surface area contributed by atoms with Crippen molar-refractivity contribution in [1.82, 2.24) is 9.84 Å². The molecule has 5 nitrogen and oxygen atoms in total. The quantitative estimate of drug-likeness (QED) is 0.883. The SMILES string of the molecule is NCc1cc(Cl)cc(S(=O)(=O)NN2CCCCC2)c1F. The highest BCUT2D eigenvalue weighted by Gasteiger charge is 2.25. The fraction of sp³-hybridized carbons (Fsp3) is 0.500. The summed E-state index contributed by atoms with van der Waals surface area (Å²) >= 11 is 5.82. The van der Waals surface area contributed by atoms with E-state index in [1.54, 1.807) is 5.01 Å². The number of hydrogen-bond donors (Lipinski definition) is 2. The molecule has 0 aliphatic carbocycles. The number of hydrogen-bond acceptors (Lipinski definition) is 4. The Labute approximate surface area is 122 Å². The highest BCUT2D eigenvalue weighted by molar-refractivity contribution is 7.89. The summed E-state index contributed by atoms with van der Waals surface area (Å²) in [4.78, 5) is 1.93. The van der Waals surface area contributed by atoms with Crippen molar-refractivity contribution < 1.29 is 12.8 Å². The molecule has 0 spiro atoms. The second-order valence-corrected chi connectivity index (χ2v) is 6.79. The molecule has 2 rings (SSSR count). The van der Waals surface area contributed by atoms with E-state index in [4.69, 9.17) is 17.3 Å². The molecule has 1 saturated heterocycles. The van der Waals surface area contributed by atoms with Crippen LogP contribution in [0, 0.1) is 5.82 Å². The maximum absolute atomic E-state index is 14.1. The zero-order valence-electron chi connectivity index (χ0n) is 10.9. The minimum atomic E-state index is -3.98. The number of halogens is 2. The molecule has 0 unspecified atom stereocenters. The van der Waals surface area contributed by atoms with Gasteiger partial charge in [-0.25, -0.2) is 17.8 Å². The van der Waals surface area contributed by atoms with E-state index < -0.39 is 20.7 Å². The Morgan fingerprint density at radius 2 is 1.95 bits per heavy atom. The number of benzene rings is 1. The van der Waals surface area contributed by atoms with Crippen molar-refractivity contribution in [3.8, 4) is 0 Å². The fourth-order valence-electron chi connectivity index (χ4n) is 2.17. The standard InChI is InChI=1S/C12H17ClFN3O2S/c13-10-6-9(8-15)12(14)11(7-10)20(18,19)16-17-4-2-1-3-5-17/h6-7,16H,1-5,8,15H2. The molecule has 0 radical (unpaired) electrons. The predicted molar refractivity (Wildman–Crippen MR) is 75.0 cm³/mol. The minimum absolute atomic E-state index is 0.0801. The third-order valence-corrected chi connectivity index (χ3v) is 4.79. The molecule has 20 heavy (non-hydrogen) atoms. The largest absolute Gasteiger partial charge is 0.326 e. The van der Waals surface area contributed by atoms with Crippen molar-refractivity contribution in [3.63, 3.8) is 0 Å². The third-order valence-electron chi connectivity index (χ3n) is 3.19. The average Bonchev–Trinajstić information content (AvgIpc) is 2.41. The van der Waals surface area contributed by atoms with Crippen LogP contribution in [0.1, 0.15) is 24.8 Å². The zero-order chi connectivity index (χ0) is 14.8. The predicted octanol–water partition coefficient (Wildman–Crippen LogP) is 1.62. The summed E-state index contributed by atoms with van der Waals surface area (Å²) in [5.74, 6) is -0.846. The van der Waals surface area contributed by atoms with E-state index in [1.165, 1.54) is 6.07 Å². The molecule has 0 atom stereocenters. The topological polar surface area (TPSA) is 75.4 Å². The first kappa shape index (κ1) is 15.7. The lowest BCUT2D eigenvalue weighted by Gasteiger charge is -2.26. The Balaban J connectivity index is 2.31. The van der Waals surface area contributed by atoms with Gasteiger partial charge in [-0.2, -0.15) is 0 Å². The number of rotatable bonds is 4. The molecule has 1 aromatic rings. The molecule has 0 bridgehead atoms. The van der Waals surface area contributed by atoms with Crippen molar-refractivity contribution in [3.05, 3.63) is 28.5 Å². The number of piperidine rings is 1. The van der Waals surface area contributed by atoms with Crippen molar-refractivity contribution >= 4 is 21.6 Å². The second-order valence-electron chi connectivity index (χ2n) is 4.72. The van der Waals surface area contributed by atoms with Gasteiger partial charge in [0.15, 0.2) is 0 Å². The van der Waals surface area contributed by atoms with E-state index >= 15 is 0 Å². The summed E-state index contributed by atoms with van der Waals surface area (Å²) in [5.41, 5.74) is 5.47.